The zero-order valence-corrected chi connectivity index (χ0v) is 17.5. The summed E-state index contributed by atoms with van der Waals surface area (Å²) < 4.78 is 6.38. The fourth-order valence-electron chi connectivity index (χ4n) is 4.93. The predicted octanol–water partition coefficient (Wildman–Crippen LogP) is 2.78. The number of nitrogen functional groups attached to an aromatic ring is 1. The van der Waals surface area contributed by atoms with E-state index in [-0.39, 0.29) is 5.60 Å². The molecule has 3 N–H and O–H groups in total. The van der Waals surface area contributed by atoms with Crippen LogP contribution in [-0.4, -0.2) is 48.6 Å². The van der Waals surface area contributed by atoms with Crippen LogP contribution in [-0.2, 0) is 21.6 Å². The Hall–Kier alpha value is -1.96. The van der Waals surface area contributed by atoms with Gasteiger partial charge >= 0.3 is 0 Å². The highest BCUT2D eigenvalue weighted by Gasteiger charge is 2.43. The zero-order valence-electron chi connectivity index (χ0n) is 16.7. The first-order valence-corrected chi connectivity index (χ1v) is 11.4. The summed E-state index contributed by atoms with van der Waals surface area (Å²) in [6, 6.07) is 8.03. The first kappa shape index (κ1) is 19.0. The van der Waals surface area contributed by atoms with Crippen molar-refractivity contribution in [3.8, 4) is 10.6 Å². The Bertz CT molecular complexity index is 898. The van der Waals surface area contributed by atoms with Crippen molar-refractivity contribution in [2.75, 3.05) is 38.5 Å². The maximum atomic E-state index is 12.7. The van der Waals surface area contributed by atoms with Crippen LogP contribution in [0.25, 0.3) is 10.6 Å². The lowest BCUT2D eigenvalue weighted by Crippen LogP contribution is -2.48. The average Bonchev–Trinajstić information content (AvgIpc) is 3.39. The van der Waals surface area contributed by atoms with E-state index < -0.39 is 0 Å². The lowest BCUT2D eigenvalue weighted by Gasteiger charge is -2.44. The summed E-state index contributed by atoms with van der Waals surface area (Å²) in [6.07, 6.45) is 4.48. The van der Waals surface area contributed by atoms with Crippen molar-refractivity contribution in [3.05, 3.63) is 34.7 Å². The average molecular weight is 413 g/mol. The van der Waals surface area contributed by atoms with Crippen molar-refractivity contribution in [2.45, 2.75) is 37.7 Å². The number of nitrogens with one attached hydrogen (secondary N) is 1. The Morgan fingerprint density at radius 2 is 2.24 bits per heavy atom. The number of hydrogen-bond acceptors (Lipinski definition) is 6. The van der Waals surface area contributed by atoms with E-state index in [0.29, 0.717) is 24.1 Å². The number of nitrogens with zero attached hydrogens (tertiary/aromatic N) is 2. The molecule has 0 aromatic carbocycles. The molecule has 0 aliphatic carbocycles. The quantitative estimate of drug-likeness (QED) is 0.810. The van der Waals surface area contributed by atoms with Gasteiger partial charge < -0.3 is 20.7 Å². The van der Waals surface area contributed by atoms with Crippen molar-refractivity contribution in [1.29, 1.82) is 0 Å². The molecule has 1 amide bonds. The molecule has 1 atom stereocenters. The molecule has 7 heteroatoms. The minimum absolute atomic E-state index is 0.256. The van der Waals surface area contributed by atoms with Crippen molar-refractivity contribution >= 4 is 23.1 Å². The maximum absolute atomic E-state index is 12.7. The molecule has 2 aromatic rings. The number of rotatable bonds is 3. The monoisotopic (exact) mass is 412 g/mol. The van der Waals surface area contributed by atoms with Crippen LogP contribution in [0, 0.1) is 5.92 Å². The van der Waals surface area contributed by atoms with Crippen LogP contribution in [0.4, 0.5) is 5.82 Å². The summed E-state index contributed by atoms with van der Waals surface area (Å²) in [6.45, 7) is 4.32. The Morgan fingerprint density at radius 1 is 1.38 bits per heavy atom. The summed E-state index contributed by atoms with van der Waals surface area (Å²) in [5.74, 6) is 1.35. The van der Waals surface area contributed by atoms with Gasteiger partial charge in [-0.3, -0.25) is 4.79 Å². The molecule has 0 radical (unpaired) electrons. The van der Waals surface area contributed by atoms with Gasteiger partial charge in [0.2, 0.25) is 5.91 Å². The number of carbonyl (C=O) groups is 1. The second kappa shape index (κ2) is 7.70. The van der Waals surface area contributed by atoms with Crippen molar-refractivity contribution in [1.82, 2.24) is 15.2 Å². The fourth-order valence-corrected chi connectivity index (χ4v) is 6.13. The predicted molar refractivity (Wildman–Crippen MR) is 115 cm³/mol. The maximum Gasteiger partial charge on any atom is 0.222 e. The lowest BCUT2D eigenvalue weighted by molar-refractivity contribution is -0.141. The molecule has 154 valence electrons. The Labute approximate surface area is 175 Å². The molecule has 29 heavy (non-hydrogen) atoms. The van der Waals surface area contributed by atoms with Crippen LogP contribution in [0.15, 0.2) is 24.3 Å². The highest BCUT2D eigenvalue weighted by molar-refractivity contribution is 7.15. The van der Waals surface area contributed by atoms with Crippen LogP contribution in [0.2, 0.25) is 0 Å². The van der Waals surface area contributed by atoms with Gasteiger partial charge in [0.05, 0.1) is 22.8 Å². The van der Waals surface area contributed by atoms with Crippen molar-refractivity contribution < 1.29 is 9.53 Å². The van der Waals surface area contributed by atoms with Crippen molar-refractivity contribution in [3.63, 3.8) is 0 Å². The summed E-state index contributed by atoms with van der Waals surface area (Å²) in [5, 5.41) is 3.35. The first-order valence-electron chi connectivity index (χ1n) is 10.6. The number of ether oxygens (including phenoxy) is 1. The Morgan fingerprint density at radius 3 is 3.00 bits per heavy atom. The summed E-state index contributed by atoms with van der Waals surface area (Å²) >= 11 is 1.81. The van der Waals surface area contributed by atoms with Gasteiger partial charge in [-0.05, 0) is 62.0 Å². The number of carbonyl (C=O) groups excluding carboxylic acids is 1. The number of fused-ring (bicyclic) bond motifs is 2. The van der Waals surface area contributed by atoms with Crippen LogP contribution in [0.1, 0.15) is 36.1 Å². The normalized spacial score (nSPS) is 23.3. The minimum Gasteiger partial charge on any atom is -0.384 e. The van der Waals surface area contributed by atoms with Gasteiger partial charge in [-0.15, -0.1) is 11.3 Å². The molecule has 0 bridgehead atoms. The van der Waals surface area contributed by atoms with E-state index in [0.717, 1.165) is 69.0 Å². The molecule has 2 aromatic heterocycles. The third kappa shape index (κ3) is 3.67. The van der Waals surface area contributed by atoms with Gasteiger partial charge in [0, 0.05) is 30.8 Å². The van der Waals surface area contributed by atoms with E-state index in [2.05, 4.69) is 16.4 Å². The third-order valence-corrected chi connectivity index (χ3v) is 7.80. The van der Waals surface area contributed by atoms with Crippen LogP contribution in [0.3, 0.4) is 0 Å². The number of pyridine rings is 1. The van der Waals surface area contributed by atoms with E-state index in [1.54, 1.807) is 0 Å². The molecule has 6 nitrogen and oxygen atoms in total. The molecule has 2 fully saturated rings. The SMILES string of the molecule is Nc1cccc(-c2cc3c(s2)CCOC32CCN(C(=O)CC3CCNC3)CC2)n1. The molecular weight excluding hydrogens is 384 g/mol. The highest BCUT2D eigenvalue weighted by atomic mass is 32.1. The van der Waals surface area contributed by atoms with E-state index in [4.69, 9.17) is 10.5 Å². The van der Waals surface area contributed by atoms with Gasteiger partial charge in [-0.25, -0.2) is 4.98 Å². The van der Waals surface area contributed by atoms with Gasteiger partial charge in [-0.2, -0.15) is 0 Å². The fraction of sp³-hybridized carbons (Fsp3) is 0.545. The number of amides is 1. The molecule has 5 heterocycles. The van der Waals surface area contributed by atoms with Gasteiger partial charge in [-0.1, -0.05) is 6.07 Å². The number of piperidine rings is 1. The van der Waals surface area contributed by atoms with E-state index >= 15 is 0 Å². The number of hydrogen-bond donors (Lipinski definition) is 2. The van der Waals surface area contributed by atoms with Crippen LogP contribution >= 0.6 is 11.3 Å². The molecule has 1 spiro atoms. The Kier molecular flexibility index (Phi) is 5.05. The number of likely N-dealkylation sites (tertiary alicyclic amines) is 1. The standard InChI is InChI=1S/C22H28N4O2S/c23-20-3-1-2-17(25-20)19-13-16-18(29-19)5-11-28-22(16)6-9-26(10-7-22)21(27)12-15-4-8-24-14-15/h1-3,13,15,24H,4-12,14H2,(H2,23,25). The molecule has 0 saturated carbocycles. The molecule has 3 aliphatic rings. The summed E-state index contributed by atoms with van der Waals surface area (Å²) in [5.41, 5.74) is 7.86. The summed E-state index contributed by atoms with van der Waals surface area (Å²) in [4.78, 5) is 21.8. The molecule has 5 rings (SSSR count). The van der Waals surface area contributed by atoms with E-state index in [9.17, 15) is 4.79 Å². The summed E-state index contributed by atoms with van der Waals surface area (Å²) in [7, 11) is 0. The molecule has 2 saturated heterocycles. The smallest absolute Gasteiger partial charge is 0.222 e. The number of anilines is 1. The largest absolute Gasteiger partial charge is 0.384 e. The second-order valence-corrected chi connectivity index (χ2v) is 9.57. The number of aromatic nitrogens is 1. The third-order valence-electron chi connectivity index (χ3n) is 6.58. The number of nitrogens with two attached hydrogens (primary N) is 1. The van der Waals surface area contributed by atoms with Crippen LogP contribution in [0.5, 0.6) is 0 Å². The van der Waals surface area contributed by atoms with Crippen LogP contribution < -0.4 is 11.1 Å². The van der Waals surface area contributed by atoms with E-state index in [1.165, 1.54) is 10.4 Å². The van der Waals surface area contributed by atoms with E-state index in [1.807, 2.05) is 34.4 Å². The zero-order chi connectivity index (χ0) is 19.8. The second-order valence-electron chi connectivity index (χ2n) is 8.43. The van der Waals surface area contributed by atoms with Gasteiger partial charge in [0.25, 0.3) is 0 Å². The molecule has 1 unspecified atom stereocenters. The first-order chi connectivity index (χ1) is 14.1. The minimum atomic E-state index is -0.256. The molecular formula is C22H28N4O2S. The Balaban J connectivity index is 1.32. The van der Waals surface area contributed by atoms with Crippen molar-refractivity contribution in [2.24, 2.45) is 5.92 Å². The topological polar surface area (TPSA) is 80.5 Å². The lowest BCUT2D eigenvalue weighted by atomic mass is 9.82. The number of thiophene rings is 1. The van der Waals surface area contributed by atoms with Gasteiger partial charge in [0.15, 0.2) is 0 Å². The van der Waals surface area contributed by atoms with Gasteiger partial charge in [0.1, 0.15) is 5.82 Å². The molecule has 3 aliphatic heterocycles. The highest BCUT2D eigenvalue weighted by Crippen LogP contribution is 2.46.